The van der Waals surface area contributed by atoms with Crippen LogP contribution in [0.25, 0.3) is 11.3 Å². The maximum atomic E-state index is 6.47. The molecule has 3 aliphatic rings. The molecule has 3 aliphatic heterocycles. The Morgan fingerprint density at radius 3 is 2.24 bits per heavy atom. The highest BCUT2D eigenvalue weighted by Crippen LogP contribution is 2.57. The van der Waals surface area contributed by atoms with Crippen LogP contribution in [0, 0.1) is 0 Å². The zero-order chi connectivity index (χ0) is 24.5. The highest BCUT2D eigenvalue weighted by atomic mass is 32.2. The third-order valence-corrected chi connectivity index (χ3v) is 8.19. The predicted octanol–water partition coefficient (Wildman–Crippen LogP) is 5.23. The highest BCUT2D eigenvalue weighted by Gasteiger charge is 2.68. The summed E-state index contributed by atoms with van der Waals surface area (Å²) in [5.41, 5.74) is 3.08. The Labute approximate surface area is 205 Å². The van der Waals surface area contributed by atoms with Gasteiger partial charge in [-0.15, -0.1) is 11.8 Å². The molecule has 1 aromatic heterocycles. The number of hydrogen-bond acceptors (Lipinski definition) is 8. The van der Waals surface area contributed by atoms with Crippen LogP contribution >= 0.6 is 11.8 Å². The van der Waals surface area contributed by atoms with Crippen molar-refractivity contribution in [1.29, 1.82) is 0 Å². The molecule has 5 atom stereocenters. The van der Waals surface area contributed by atoms with Gasteiger partial charge in [0, 0.05) is 11.6 Å². The topological polar surface area (TPSA) is 72.2 Å². The van der Waals surface area contributed by atoms with Gasteiger partial charge in [0.1, 0.15) is 28.8 Å². The number of thioether (sulfide) groups is 1. The van der Waals surface area contributed by atoms with Gasteiger partial charge in [-0.25, -0.2) is 0 Å². The summed E-state index contributed by atoms with van der Waals surface area (Å²) in [5.74, 6) is -0.739. The van der Waals surface area contributed by atoms with Crippen LogP contribution in [-0.2, 0) is 33.8 Å². The monoisotopic (exact) mass is 489 g/mol. The fraction of sp³-hybridized carbons (Fsp3) is 0.654. The Bertz CT molecular complexity index is 1040. The molecule has 34 heavy (non-hydrogen) atoms. The smallest absolute Gasteiger partial charge is 0.189 e. The lowest BCUT2D eigenvalue weighted by atomic mass is 9.86. The van der Waals surface area contributed by atoms with E-state index in [9.17, 15) is 0 Å². The molecule has 7 nitrogen and oxygen atoms in total. The summed E-state index contributed by atoms with van der Waals surface area (Å²) in [4.78, 5) is 0. The Balaban J connectivity index is 1.53. The van der Waals surface area contributed by atoms with Crippen LogP contribution in [0.15, 0.2) is 34.9 Å². The average Bonchev–Trinajstić information content (AvgIpc) is 3.49. The van der Waals surface area contributed by atoms with Gasteiger partial charge in [0.2, 0.25) is 0 Å². The number of ether oxygens (including phenoxy) is 5. The first-order valence-corrected chi connectivity index (χ1v) is 13.0. The minimum atomic E-state index is -0.761. The van der Waals surface area contributed by atoms with Gasteiger partial charge in [-0.3, -0.25) is 0 Å². The molecule has 5 rings (SSSR count). The zero-order valence-corrected chi connectivity index (χ0v) is 22.0. The van der Waals surface area contributed by atoms with E-state index in [4.69, 9.17) is 28.2 Å². The Morgan fingerprint density at radius 2 is 1.65 bits per heavy atom. The number of nitrogens with zero attached hydrogens (tertiary/aromatic N) is 1. The Kier molecular flexibility index (Phi) is 5.75. The van der Waals surface area contributed by atoms with Crippen LogP contribution in [0.3, 0.4) is 0 Å². The van der Waals surface area contributed by atoms with Crippen molar-refractivity contribution in [1.82, 2.24) is 5.16 Å². The molecule has 3 fully saturated rings. The van der Waals surface area contributed by atoms with Gasteiger partial charge in [-0.05, 0) is 44.9 Å². The van der Waals surface area contributed by atoms with Gasteiger partial charge >= 0.3 is 0 Å². The van der Waals surface area contributed by atoms with Crippen molar-refractivity contribution < 1.29 is 28.2 Å². The van der Waals surface area contributed by atoms with Crippen LogP contribution in [0.5, 0.6) is 0 Å². The van der Waals surface area contributed by atoms with E-state index < -0.39 is 28.7 Å². The maximum absolute atomic E-state index is 6.47. The van der Waals surface area contributed by atoms with Crippen LogP contribution in [0.1, 0.15) is 59.7 Å². The van der Waals surface area contributed by atoms with E-state index in [2.05, 4.69) is 50.2 Å². The van der Waals surface area contributed by atoms with Crippen molar-refractivity contribution in [2.45, 2.75) is 94.8 Å². The second-order valence-electron chi connectivity index (χ2n) is 11.2. The first-order chi connectivity index (χ1) is 15.8. The fourth-order valence-electron chi connectivity index (χ4n) is 5.11. The van der Waals surface area contributed by atoms with Gasteiger partial charge in [0.25, 0.3) is 0 Å². The molecule has 2 aromatic rings. The largest absolute Gasteiger partial charge is 0.356 e. The molecule has 0 N–H and O–H groups in total. The lowest BCUT2D eigenvalue weighted by Crippen LogP contribution is -2.49. The van der Waals surface area contributed by atoms with Crippen LogP contribution in [0.4, 0.5) is 0 Å². The standard InChI is InChI=1S/C26H35NO6S/c1-23(2,3)16-11-9-15(10-12-16)17-13-19(27-33-17)26(34-8)20(18-14-28-24(4,5)30-18)29-22-21(26)31-25(6,7)32-22/h9-13,18,20-22H,14H2,1-8H3/t18-,20-,21+,22-,26+/m1/s1. The van der Waals surface area contributed by atoms with Crippen molar-refractivity contribution in [2.24, 2.45) is 0 Å². The number of hydrogen-bond donors (Lipinski definition) is 0. The van der Waals surface area contributed by atoms with Gasteiger partial charge in [-0.1, -0.05) is 50.2 Å². The molecule has 0 saturated carbocycles. The summed E-state index contributed by atoms with van der Waals surface area (Å²) in [7, 11) is 0. The summed E-state index contributed by atoms with van der Waals surface area (Å²) < 4.78 is 36.3. The van der Waals surface area contributed by atoms with E-state index in [1.165, 1.54) is 5.56 Å². The summed E-state index contributed by atoms with van der Waals surface area (Å²) in [6, 6.07) is 10.4. The predicted molar refractivity (Wildman–Crippen MR) is 129 cm³/mol. The lowest BCUT2D eigenvalue weighted by molar-refractivity contribution is -0.225. The molecule has 4 heterocycles. The number of rotatable bonds is 4. The highest BCUT2D eigenvalue weighted by molar-refractivity contribution is 7.99. The molecule has 3 saturated heterocycles. The van der Waals surface area contributed by atoms with Crippen molar-refractivity contribution in [3.05, 3.63) is 41.6 Å². The SMILES string of the molecule is CS[C@@]1(c2cc(-c3ccc(C(C)(C)C)cc3)on2)[C@@H]([C@H]2COC(C)(C)O2)O[C@@H]2OC(C)(C)O[C@@H]21. The van der Waals surface area contributed by atoms with Crippen molar-refractivity contribution >= 4 is 11.8 Å². The molecule has 0 radical (unpaired) electrons. The molecular weight excluding hydrogens is 454 g/mol. The molecule has 186 valence electrons. The van der Waals surface area contributed by atoms with Crippen molar-refractivity contribution in [2.75, 3.05) is 12.9 Å². The molecule has 0 amide bonds. The minimum absolute atomic E-state index is 0.0845. The Hall–Kier alpha value is -1.42. The molecule has 0 unspecified atom stereocenters. The minimum Gasteiger partial charge on any atom is -0.356 e. The number of fused-ring (bicyclic) bond motifs is 1. The van der Waals surface area contributed by atoms with Crippen LogP contribution in [-0.4, -0.2) is 54.2 Å². The lowest BCUT2D eigenvalue weighted by Gasteiger charge is -2.37. The second-order valence-corrected chi connectivity index (χ2v) is 12.3. The molecule has 0 bridgehead atoms. The molecular formula is C26H35NO6S. The van der Waals surface area contributed by atoms with E-state index in [1.54, 1.807) is 11.8 Å². The van der Waals surface area contributed by atoms with Gasteiger partial charge in [-0.2, -0.15) is 0 Å². The van der Waals surface area contributed by atoms with Gasteiger partial charge in [0.05, 0.1) is 6.61 Å². The summed E-state index contributed by atoms with van der Waals surface area (Å²) >= 11 is 1.63. The van der Waals surface area contributed by atoms with Crippen LogP contribution < -0.4 is 0 Å². The molecule has 8 heteroatoms. The summed E-state index contributed by atoms with van der Waals surface area (Å²) in [6.07, 6.45) is 0.439. The zero-order valence-electron chi connectivity index (χ0n) is 21.2. The summed E-state index contributed by atoms with van der Waals surface area (Å²) in [6.45, 7) is 14.7. The van der Waals surface area contributed by atoms with Crippen LogP contribution in [0.2, 0.25) is 0 Å². The third-order valence-electron chi connectivity index (χ3n) is 6.84. The summed E-state index contributed by atoms with van der Waals surface area (Å²) in [5, 5.41) is 4.55. The maximum Gasteiger partial charge on any atom is 0.189 e. The average molecular weight is 490 g/mol. The van der Waals surface area contributed by atoms with E-state index >= 15 is 0 Å². The van der Waals surface area contributed by atoms with E-state index in [0.29, 0.717) is 12.4 Å². The van der Waals surface area contributed by atoms with E-state index in [0.717, 1.165) is 11.3 Å². The molecule has 0 spiro atoms. The van der Waals surface area contributed by atoms with Crippen molar-refractivity contribution in [3.63, 3.8) is 0 Å². The quantitative estimate of drug-likeness (QED) is 0.579. The first-order valence-electron chi connectivity index (χ1n) is 11.8. The fourth-order valence-corrected chi connectivity index (χ4v) is 6.25. The number of benzene rings is 1. The third kappa shape index (κ3) is 4.02. The van der Waals surface area contributed by atoms with Gasteiger partial charge < -0.3 is 28.2 Å². The van der Waals surface area contributed by atoms with Gasteiger partial charge in [0.15, 0.2) is 23.6 Å². The van der Waals surface area contributed by atoms with E-state index in [1.807, 2.05) is 40.0 Å². The molecule has 1 aromatic carbocycles. The normalized spacial score (nSPS) is 34.5. The van der Waals surface area contributed by atoms with E-state index in [-0.39, 0.29) is 17.6 Å². The Morgan fingerprint density at radius 1 is 0.941 bits per heavy atom. The molecule has 0 aliphatic carbocycles. The number of aromatic nitrogens is 1. The van der Waals surface area contributed by atoms with Crippen molar-refractivity contribution in [3.8, 4) is 11.3 Å². The second kappa shape index (κ2) is 8.05. The first kappa shape index (κ1) is 24.3.